The summed E-state index contributed by atoms with van der Waals surface area (Å²) in [5.41, 5.74) is 5.14. The molecule has 1 aromatic carbocycles. The van der Waals surface area contributed by atoms with E-state index in [0.29, 0.717) is 0 Å². The Morgan fingerprint density at radius 1 is 1.24 bits per heavy atom. The zero-order valence-electron chi connectivity index (χ0n) is 11.0. The summed E-state index contributed by atoms with van der Waals surface area (Å²) in [7, 11) is 0. The second kappa shape index (κ2) is 4.73. The Morgan fingerprint density at radius 2 is 1.82 bits per heavy atom. The van der Waals surface area contributed by atoms with Crippen LogP contribution < -0.4 is 5.73 Å². The lowest BCUT2D eigenvalue weighted by molar-refractivity contribution is 0.0381. The highest BCUT2D eigenvalue weighted by Crippen LogP contribution is 2.36. The van der Waals surface area contributed by atoms with E-state index in [9.17, 15) is 8.78 Å². The van der Waals surface area contributed by atoms with Crippen LogP contribution in [0.2, 0.25) is 0 Å². The van der Waals surface area contributed by atoms with Crippen LogP contribution in [-0.2, 0) is 6.42 Å². The van der Waals surface area contributed by atoms with Crippen molar-refractivity contribution in [2.24, 2.45) is 11.1 Å². The molecule has 0 amide bonds. The molecule has 1 unspecified atom stereocenters. The molecule has 0 spiro atoms. The Morgan fingerprint density at radius 3 is 2.24 bits per heavy atom. The molecular weight excluding hydrogens is 220 g/mol. The molecule has 0 aliphatic heterocycles. The van der Waals surface area contributed by atoms with Gasteiger partial charge in [-0.2, -0.15) is 0 Å². The molecule has 0 fully saturated rings. The highest BCUT2D eigenvalue weighted by atomic mass is 19.1. The first kappa shape index (κ1) is 14.1. The van der Waals surface area contributed by atoms with Gasteiger partial charge in [0.2, 0.25) is 0 Å². The van der Waals surface area contributed by atoms with Crippen LogP contribution in [0, 0.1) is 18.2 Å². The van der Waals surface area contributed by atoms with E-state index < -0.39 is 11.1 Å². The van der Waals surface area contributed by atoms with E-state index in [1.165, 1.54) is 12.1 Å². The van der Waals surface area contributed by atoms with Crippen molar-refractivity contribution in [3.05, 3.63) is 35.1 Å². The lowest BCUT2D eigenvalue weighted by Gasteiger charge is -2.37. The van der Waals surface area contributed by atoms with Gasteiger partial charge in [-0.05, 0) is 35.6 Å². The third-order valence-electron chi connectivity index (χ3n) is 3.44. The van der Waals surface area contributed by atoms with Gasteiger partial charge < -0.3 is 5.73 Å². The second-order valence-electron chi connectivity index (χ2n) is 5.67. The monoisotopic (exact) mass is 241 g/mol. The number of nitrogens with two attached hydrogens (primary N) is 1. The first-order valence-electron chi connectivity index (χ1n) is 5.83. The molecule has 0 aromatic heterocycles. The first-order valence-corrected chi connectivity index (χ1v) is 5.83. The molecular formula is C14H21F2N. The number of aryl methyl sites for hydroxylation is 1. The van der Waals surface area contributed by atoms with Gasteiger partial charge in [-0.25, -0.2) is 8.78 Å². The van der Waals surface area contributed by atoms with Crippen LogP contribution in [0.4, 0.5) is 8.78 Å². The van der Waals surface area contributed by atoms with Gasteiger partial charge in [-0.15, -0.1) is 0 Å². The molecule has 0 radical (unpaired) electrons. The lowest BCUT2D eigenvalue weighted by Crippen LogP contribution is -2.47. The summed E-state index contributed by atoms with van der Waals surface area (Å²) in [6, 6.07) is 4.43. The number of alkyl halides is 1. The van der Waals surface area contributed by atoms with Gasteiger partial charge in [-0.3, -0.25) is 0 Å². The van der Waals surface area contributed by atoms with Crippen molar-refractivity contribution >= 4 is 0 Å². The van der Waals surface area contributed by atoms with E-state index >= 15 is 0 Å². The first-order chi connectivity index (χ1) is 7.69. The fraction of sp³-hybridized carbons (Fsp3) is 0.571. The maximum absolute atomic E-state index is 14.8. The van der Waals surface area contributed by atoms with Crippen molar-refractivity contribution in [3.8, 4) is 0 Å². The van der Waals surface area contributed by atoms with Crippen molar-refractivity contribution in [2.45, 2.75) is 39.8 Å². The molecule has 1 nitrogen and oxygen atoms in total. The Bertz CT molecular complexity index is 396. The smallest absolute Gasteiger partial charge is 0.132 e. The van der Waals surface area contributed by atoms with Crippen molar-refractivity contribution in [2.75, 3.05) is 6.54 Å². The third kappa shape index (κ3) is 3.03. The number of benzene rings is 1. The molecule has 0 saturated heterocycles. The molecule has 17 heavy (non-hydrogen) atoms. The van der Waals surface area contributed by atoms with Crippen LogP contribution in [0.5, 0.6) is 0 Å². The van der Waals surface area contributed by atoms with Crippen molar-refractivity contribution in [1.29, 1.82) is 0 Å². The van der Waals surface area contributed by atoms with E-state index in [-0.39, 0.29) is 18.8 Å². The predicted octanol–water partition coefficient (Wildman–Crippen LogP) is 3.39. The van der Waals surface area contributed by atoms with Gasteiger partial charge in [0, 0.05) is 13.0 Å². The van der Waals surface area contributed by atoms with Gasteiger partial charge in [-0.1, -0.05) is 26.8 Å². The van der Waals surface area contributed by atoms with Gasteiger partial charge >= 0.3 is 0 Å². The molecule has 0 saturated carbocycles. The van der Waals surface area contributed by atoms with Crippen LogP contribution in [0.15, 0.2) is 18.2 Å². The van der Waals surface area contributed by atoms with E-state index in [1.54, 1.807) is 13.0 Å². The van der Waals surface area contributed by atoms with Crippen LogP contribution in [0.3, 0.4) is 0 Å². The maximum atomic E-state index is 14.8. The van der Waals surface area contributed by atoms with Crippen LogP contribution in [0.1, 0.15) is 31.9 Å². The summed E-state index contributed by atoms with van der Waals surface area (Å²) in [5, 5.41) is 0. The third-order valence-corrected chi connectivity index (χ3v) is 3.44. The van der Waals surface area contributed by atoms with E-state index in [4.69, 9.17) is 5.73 Å². The fourth-order valence-corrected chi connectivity index (χ4v) is 1.80. The summed E-state index contributed by atoms with van der Waals surface area (Å²) < 4.78 is 27.8. The fourth-order valence-electron chi connectivity index (χ4n) is 1.80. The SMILES string of the molecule is Cc1cc(F)ccc1CC(F)(CN)C(C)(C)C. The highest BCUT2D eigenvalue weighted by Gasteiger charge is 2.41. The summed E-state index contributed by atoms with van der Waals surface area (Å²) in [5.74, 6) is -0.292. The van der Waals surface area contributed by atoms with E-state index in [2.05, 4.69) is 0 Å². The minimum Gasteiger partial charge on any atom is -0.327 e. The van der Waals surface area contributed by atoms with Crippen LogP contribution in [0.25, 0.3) is 0 Å². The number of hydrogen-bond acceptors (Lipinski definition) is 1. The zero-order valence-corrected chi connectivity index (χ0v) is 11.0. The Kier molecular flexibility index (Phi) is 3.92. The van der Waals surface area contributed by atoms with Crippen LogP contribution in [-0.4, -0.2) is 12.2 Å². The molecule has 0 heterocycles. The second-order valence-corrected chi connectivity index (χ2v) is 5.67. The van der Waals surface area contributed by atoms with Gasteiger partial charge in [0.15, 0.2) is 0 Å². The normalized spacial score (nSPS) is 15.7. The Labute approximate surface area is 102 Å². The quantitative estimate of drug-likeness (QED) is 0.862. The minimum absolute atomic E-state index is 0.0344. The van der Waals surface area contributed by atoms with Gasteiger partial charge in [0.25, 0.3) is 0 Å². The number of rotatable bonds is 3. The molecule has 1 aromatic rings. The predicted molar refractivity (Wildman–Crippen MR) is 67.2 cm³/mol. The minimum atomic E-state index is -1.48. The molecule has 96 valence electrons. The van der Waals surface area contributed by atoms with Crippen molar-refractivity contribution in [3.63, 3.8) is 0 Å². The largest absolute Gasteiger partial charge is 0.327 e. The number of halogens is 2. The maximum Gasteiger partial charge on any atom is 0.132 e. The molecule has 2 N–H and O–H groups in total. The average Bonchev–Trinajstić information content (AvgIpc) is 2.20. The summed E-state index contributed by atoms with van der Waals surface area (Å²) >= 11 is 0. The van der Waals surface area contributed by atoms with Crippen molar-refractivity contribution in [1.82, 2.24) is 0 Å². The molecule has 3 heteroatoms. The van der Waals surface area contributed by atoms with Gasteiger partial charge in [0.1, 0.15) is 11.5 Å². The average molecular weight is 241 g/mol. The summed E-state index contributed by atoms with van der Waals surface area (Å²) in [4.78, 5) is 0. The van der Waals surface area contributed by atoms with Crippen molar-refractivity contribution < 1.29 is 8.78 Å². The molecule has 0 aliphatic rings. The lowest BCUT2D eigenvalue weighted by atomic mass is 9.74. The number of hydrogen-bond donors (Lipinski definition) is 1. The molecule has 1 atom stereocenters. The van der Waals surface area contributed by atoms with E-state index in [1.807, 2.05) is 20.8 Å². The van der Waals surface area contributed by atoms with Crippen LogP contribution >= 0.6 is 0 Å². The highest BCUT2D eigenvalue weighted by molar-refractivity contribution is 5.28. The molecule has 0 bridgehead atoms. The van der Waals surface area contributed by atoms with Gasteiger partial charge in [0.05, 0.1) is 0 Å². The molecule has 0 aliphatic carbocycles. The summed E-state index contributed by atoms with van der Waals surface area (Å²) in [6.45, 7) is 7.25. The Balaban J connectivity index is 3.03. The zero-order chi connectivity index (χ0) is 13.3. The van der Waals surface area contributed by atoms with E-state index in [0.717, 1.165) is 11.1 Å². The Hall–Kier alpha value is -0.960. The molecule has 1 rings (SSSR count). The summed E-state index contributed by atoms with van der Waals surface area (Å²) in [6.07, 6.45) is 0.221. The topological polar surface area (TPSA) is 26.0 Å². The standard InChI is InChI=1S/C14H21F2N/c1-10-7-12(15)6-5-11(10)8-14(16,9-17)13(2,3)4/h5-7H,8-9,17H2,1-4H3.